The van der Waals surface area contributed by atoms with Crippen molar-refractivity contribution in [3.8, 4) is 0 Å². The van der Waals surface area contributed by atoms with Crippen LogP contribution in [0.5, 0.6) is 0 Å². The fourth-order valence-electron chi connectivity index (χ4n) is 5.31. The molecule has 270 valence electrons. The van der Waals surface area contributed by atoms with E-state index in [0.29, 0.717) is 17.7 Å². The highest BCUT2D eigenvalue weighted by Gasteiger charge is 2.39. The van der Waals surface area contributed by atoms with Crippen LogP contribution in [-0.4, -0.2) is 106 Å². The predicted octanol–water partition coefficient (Wildman–Crippen LogP) is -0.723. The highest BCUT2D eigenvalue weighted by Crippen LogP contribution is 2.21. The highest BCUT2D eigenvalue weighted by atomic mass is 16.5. The summed E-state index contributed by atoms with van der Waals surface area (Å²) in [5.41, 5.74) is 6.19. The van der Waals surface area contributed by atoms with Crippen molar-refractivity contribution < 1.29 is 53.0 Å². The zero-order valence-corrected chi connectivity index (χ0v) is 27.5. The molecule has 3 rings (SSSR count). The molecule has 0 radical (unpaired) electrons. The third-order valence-electron chi connectivity index (χ3n) is 7.85. The van der Waals surface area contributed by atoms with Gasteiger partial charge in [0.2, 0.25) is 23.6 Å². The fraction of sp³-hybridized carbons (Fsp3) is 0.469. The summed E-state index contributed by atoms with van der Waals surface area (Å²) < 4.78 is 4.96. The number of imide groups is 1. The summed E-state index contributed by atoms with van der Waals surface area (Å²) in [6.07, 6.45) is 2.01. The van der Waals surface area contributed by atoms with Crippen molar-refractivity contribution >= 4 is 59.1 Å². The van der Waals surface area contributed by atoms with E-state index in [2.05, 4.69) is 21.3 Å². The molecule has 18 nitrogen and oxygen atoms in total. The number of primary amides is 1. The first-order valence-electron chi connectivity index (χ1n) is 16.0. The van der Waals surface area contributed by atoms with Gasteiger partial charge in [0.25, 0.3) is 11.8 Å². The number of carbonyl (C=O) groups is 9. The van der Waals surface area contributed by atoms with E-state index in [-0.39, 0.29) is 58.3 Å². The van der Waals surface area contributed by atoms with Crippen LogP contribution in [0.1, 0.15) is 57.4 Å². The van der Waals surface area contributed by atoms with Gasteiger partial charge in [-0.25, -0.2) is 4.79 Å². The number of ether oxygens (including phenoxy) is 1. The van der Waals surface area contributed by atoms with Gasteiger partial charge in [0.05, 0.1) is 0 Å². The van der Waals surface area contributed by atoms with Gasteiger partial charge in [-0.15, -0.1) is 0 Å². The lowest BCUT2D eigenvalue weighted by molar-refractivity contribution is -0.143. The monoisotopic (exact) mass is 699 g/mol. The number of hydrogen-bond acceptors (Lipinski definition) is 10. The average molecular weight is 700 g/mol. The van der Waals surface area contributed by atoms with E-state index in [0.717, 1.165) is 17.1 Å². The van der Waals surface area contributed by atoms with Crippen LogP contribution in [0.15, 0.2) is 36.4 Å². The molecule has 50 heavy (non-hydrogen) atoms. The first-order chi connectivity index (χ1) is 23.7. The molecule has 2 heterocycles. The number of nitrogens with zero attached hydrogens (tertiary/aromatic N) is 2. The van der Waals surface area contributed by atoms with Gasteiger partial charge in [0.1, 0.15) is 24.7 Å². The summed E-state index contributed by atoms with van der Waals surface area (Å²) in [6.45, 7) is 1.32. The molecule has 0 unspecified atom stereocenters. The normalized spacial score (nSPS) is 16.4. The van der Waals surface area contributed by atoms with Crippen molar-refractivity contribution in [2.45, 2.75) is 76.6 Å². The summed E-state index contributed by atoms with van der Waals surface area (Å²) in [7, 11) is 0. The maximum atomic E-state index is 13.7. The number of anilines is 1. The van der Waals surface area contributed by atoms with E-state index >= 15 is 0 Å². The number of rotatable bonds is 18. The number of hydrogen-bond donors (Lipinski definition) is 6. The molecule has 1 aromatic carbocycles. The maximum absolute atomic E-state index is 13.7. The molecule has 1 aromatic rings. The molecular weight excluding hydrogens is 658 g/mol. The van der Waals surface area contributed by atoms with Crippen LogP contribution in [0, 0.1) is 0 Å². The molecule has 8 amide bonds. The van der Waals surface area contributed by atoms with E-state index in [9.17, 15) is 48.3 Å². The number of aliphatic carboxylic acids is 1. The maximum Gasteiger partial charge on any atom is 0.312 e. The molecule has 18 heteroatoms. The Bertz CT molecular complexity index is 1490. The largest absolute Gasteiger partial charge is 0.481 e. The van der Waals surface area contributed by atoms with Crippen LogP contribution in [0.2, 0.25) is 0 Å². The molecule has 0 spiro atoms. The third kappa shape index (κ3) is 12.0. The number of carboxylic acids is 1. The first-order valence-corrected chi connectivity index (χ1v) is 16.0. The number of carboxylic acid groups (broad SMARTS) is 1. The second kappa shape index (κ2) is 18.7. The summed E-state index contributed by atoms with van der Waals surface area (Å²) in [4.78, 5) is 113. The molecule has 0 saturated carbocycles. The lowest BCUT2D eigenvalue weighted by atomic mass is 10.1. The summed E-state index contributed by atoms with van der Waals surface area (Å²) >= 11 is 0. The third-order valence-corrected chi connectivity index (χ3v) is 7.85. The van der Waals surface area contributed by atoms with Crippen molar-refractivity contribution in [2.75, 3.05) is 25.0 Å². The lowest BCUT2D eigenvalue weighted by Crippen LogP contribution is -2.56. The number of amides is 8. The Hall–Kier alpha value is -5.81. The van der Waals surface area contributed by atoms with Crippen molar-refractivity contribution in [1.29, 1.82) is 0 Å². The molecule has 3 atom stereocenters. The second-order valence-electron chi connectivity index (χ2n) is 11.6. The van der Waals surface area contributed by atoms with Crippen LogP contribution in [0.4, 0.5) is 10.5 Å². The number of nitrogens with two attached hydrogens (primary N) is 1. The van der Waals surface area contributed by atoms with Crippen LogP contribution in [-0.2, 0) is 49.7 Å². The van der Waals surface area contributed by atoms with Crippen LogP contribution < -0.4 is 27.0 Å². The summed E-state index contributed by atoms with van der Waals surface area (Å²) in [6, 6.07) is 2.23. The molecule has 1 saturated heterocycles. The second-order valence-corrected chi connectivity index (χ2v) is 11.6. The molecule has 2 aliphatic heterocycles. The Balaban J connectivity index is 1.69. The molecule has 0 bridgehead atoms. The molecule has 0 aliphatic carbocycles. The zero-order valence-electron chi connectivity index (χ0n) is 27.5. The van der Waals surface area contributed by atoms with Gasteiger partial charge in [-0.1, -0.05) is 12.1 Å². The van der Waals surface area contributed by atoms with Crippen molar-refractivity contribution in [3.05, 3.63) is 42.0 Å². The Morgan fingerprint density at radius 1 is 0.960 bits per heavy atom. The van der Waals surface area contributed by atoms with Crippen LogP contribution in [0.25, 0.3) is 0 Å². The molecule has 2 aliphatic rings. The van der Waals surface area contributed by atoms with E-state index in [1.165, 1.54) is 11.8 Å². The molecule has 1 fully saturated rings. The molecule has 0 aromatic heterocycles. The fourth-order valence-corrected chi connectivity index (χ4v) is 5.31. The Morgan fingerprint density at radius 2 is 1.64 bits per heavy atom. The minimum absolute atomic E-state index is 0.0465. The van der Waals surface area contributed by atoms with Gasteiger partial charge < -0.3 is 41.7 Å². The zero-order chi connectivity index (χ0) is 36.8. The minimum atomic E-state index is -1.32. The number of carbonyl (C=O) groups excluding carboxylic acids is 8. The quantitative estimate of drug-likeness (QED) is 0.0632. The standard InChI is InChI=1S/C32H41N7O11/c1-19(40)50-18-20-6-8-21(9-7-20)35-29(46)22(4-2-15-34-32(33)49)37-30(47)24-5-3-16-38(24)31(48)23(10-13-28(44)45)36-25(41)14-17-39-26(42)11-12-27(39)43/h6-9,11-12,22-24H,2-5,10,13-18H2,1H3,(H,35,46)(H,36,41)(H,37,47)(H,44,45)(H3,33,34,49)/t22-,23-,24-/m0/s1. The van der Waals surface area contributed by atoms with Gasteiger partial charge in [-0.05, 0) is 49.8 Å². The van der Waals surface area contributed by atoms with E-state index in [4.69, 9.17) is 10.5 Å². The van der Waals surface area contributed by atoms with Gasteiger partial charge in [-0.2, -0.15) is 0 Å². The summed E-state index contributed by atoms with van der Waals surface area (Å²) in [5.74, 6) is -5.48. The van der Waals surface area contributed by atoms with Gasteiger partial charge in [0.15, 0.2) is 0 Å². The number of esters is 1. The van der Waals surface area contributed by atoms with E-state index < -0.39 is 78.0 Å². The Kier molecular flexibility index (Phi) is 14.4. The number of urea groups is 1. The number of nitrogens with one attached hydrogen (secondary N) is 4. The topological polar surface area (TPSA) is 264 Å². The highest BCUT2D eigenvalue weighted by molar-refractivity contribution is 6.13. The number of benzene rings is 1. The van der Waals surface area contributed by atoms with E-state index in [1.54, 1.807) is 24.3 Å². The smallest absolute Gasteiger partial charge is 0.312 e. The summed E-state index contributed by atoms with van der Waals surface area (Å²) in [5, 5.41) is 19.5. The minimum Gasteiger partial charge on any atom is -0.481 e. The van der Waals surface area contributed by atoms with Crippen LogP contribution >= 0.6 is 0 Å². The molecular formula is C32H41N7O11. The number of likely N-dealkylation sites (tertiary alicyclic amines) is 1. The Labute approximate surface area is 287 Å². The van der Waals surface area contributed by atoms with Crippen LogP contribution in [0.3, 0.4) is 0 Å². The Morgan fingerprint density at radius 3 is 2.26 bits per heavy atom. The predicted molar refractivity (Wildman–Crippen MR) is 173 cm³/mol. The average Bonchev–Trinajstić information content (AvgIpc) is 3.68. The van der Waals surface area contributed by atoms with Crippen molar-refractivity contribution in [1.82, 2.24) is 25.8 Å². The van der Waals surface area contributed by atoms with E-state index in [1.807, 2.05) is 0 Å². The molecule has 7 N–H and O–H groups in total. The first kappa shape index (κ1) is 38.6. The van der Waals surface area contributed by atoms with Crippen molar-refractivity contribution in [3.63, 3.8) is 0 Å². The SMILES string of the molecule is CC(=O)OCc1ccc(NC(=O)[C@H](CCCNC(N)=O)NC(=O)[C@@H]2CCCN2C(=O)[C@H](CCC(=O)O)NC(=O)CCN2C(=O)C=CC2=O)cc1. The van der Waals surface area contributed by atoms with Gasteiger partial charge in [0, 0.05) is 57.2 Å². The van der Waals surface area contributed by atoms with Gasteiger partial charge in [-0.3, -0.25) is 43.3 Å². The van der Waals surface area contributed by atoms with Crippen molar-refractivity contribution in [2.24, 2.45) is 5.73 Å². The van der Waals surface area contributed by atoms with Gasteiger partial charge >= 0.3 is 18.0 Å². The lowest BCUT2D eigenvalue weighted by Gasteiger charge is -2.30.